The molecule has 2 N–H and O–H groups in total. The van der Waals surface area contributed by atoms with E-state index in [9.17, 15) is 0 Å². The van der Waals surface area contributed by atoms with Crippen molar-refractivity contribution in [3.8, 4) is 0 Å². The summed E-state index contributed by atoms with van der Waals surface area (Å²) in [5.41, 5.74) is 1.16. The van der Waals surface area contributed by atoms with E-state index in [2.05, 4.69) is 25.6 Å². The third-order valence-electron chi connectivity index (χ3n) is 2.66. The lowest BCUT2D eigenvalue weighted by atomic mass is 10.2. The molecular formula is C13H18N6. The highest BCUT2D eigenvalue weighted by atomic mass is 15.1. The lowest BCUT2D eigenvalue weighted by molar-refractivity contribution is 1.03. The van der Waals surface area contributed by atoms with E-state index in [0.29, 0.717) is 6.54 Å². The van der Waals surface area contributed by atoms with Gasteiger partial charge in [-0.15, -0.1) is 0 Å². The molecule has 2 aromatic heterocycles. The first-order valence-corrected chi connectivity index (χ1v) is 6.05. The number of rotatable bonds is 5. The van der Waals surface area contributed by atoms with Crippen molar-refractivity contribution < 1.29 is 0 Å². The van der Waals surface area contributed by atoms with Crippen LogP contribution in [-0.4, -0.2) is 36.1 Å². The molecule has 2 aromatic rings. The van der Waals surface area contributed by atoms with E-state index in [1.165, 1.54) is 6.33 Å². The monoisotopic (exact) mass is 258 g/mol. The van der Waals surface area contributed by atoms with Gasteiger partial charge in [0.1, 0.15) is 23.8 Å². The van der Waals surface area contributed by atoms with Gasteiger partial charge in [0.25, 0.3) is 0 Å². The molecule has 0 aliphatic rings. The van der Waals surface area contributed by atoms with Crippen LogP contribution in [0.3, 0.4) is 0 Å². The molecule has 0 fully saturated rings. The fourth-order valence-electron chi connectivity index (χ4n) is 1.60. The van der Waals surface area contributed by atoms with Crippen LogP contribution in [0.15, 0.2) is 30.7 Å². The molecule has 0 spiro atoms. The van der Waals surface area contributed by atoms with Crippen LogP contribution in [0.4, 0.5) is 17.5 Å². The predicted molar refractivity (Wildman–Crippen MR) is 77.5 cm³/mol. The van der Waals surface area contributed by atoms with Gasteiger partial charge < -0.3 is 15.5 Å². The zero-order valence-corrected chi connectivity index (χ0v) is 11.4. The van der Waals surface area contributed by atoms with Crippen molar-refractivity contribution in [2.75, 3.05) is 36.7 Å². The van der Waals surface area contributed by atoms with Crippen LogP contribution in [-0.2, 0) is 6.54 Å². The number of hydrogen-bond donors (Lipinski definition) is 2. The second-order valence-corrected chi connectivity index (χ2v) is 4.31. The van der Waals surface area contributed by atoms with Gasteiger partial charge in [-0.1, -0.05) is 0 Å². The van der Waals surface area contributed by atoms with Crippen molar-refractivity contribution in [2.45, 2.75) is 6.54 Å². The molecule has 0 amide bonds. The van der Waals surface area contributed by atoms with Crippen LogP contribution in [0.25, 0.3) is 0 Å². The Balaban J connectivity index is 2.03. The van der Waals surface area contributed by atoms with Gasteiger partial charge in [-0.05, 0) is 17.7 Å². The highest BCUT2D eigenvalue weighted by molar-refractivity contribution is 5.47. The molecule has 0 aromatic carbocycles. The first-order chi connectivity index (χ1) is 9.19. The van der Waals surface area contributed by atoms with Crippen molar-refractivity contribution in [3.05, 3.63) is 36.3 Å². The first-order valence-electron chi connectivity index (χ1n) is 6.05. The number of nitrogens with zero attached hydrogens (tertiary/aromatic N) is 4. The SMILES string of the molecule is CNc1cc(NCc2ccnc(N(C)C)c2)ncn1. The summed E-state index contributed by atoms with van der Waals surface area (Å²) in [5, 5.41) is 6.25. The number of aromatic nitrogens is 3. The Labute approximate surface area is 112 Å². The van der Waals surface area contributed by atoms with E-state index in [0.717, 1.165) is 23.0 Å². The summed E-state index contributed by atoms with van der Waals surface area (Å²) in [5.74, 6) is 2.53. The van der Waals surface area contributed by atoms with Crippen LogP contribution in [0, 0.1) is 0 Å². The van der Waals surface area contributed by atoms with E-state index >= 15 is 0 Å². The minimum atomic E-state index is 0.698. The maximum Gasteiger partial charge on any atom is 0.131 e. The molecule has 100 valence electrons. The average Bonchev–Trinajstić information content (AvgIpc) is 2.45. The molecule has 0 radical (unpaired) electrons. The van der Waals surface area contributed by atoms with Crippen LogP contribution >= 0.6 is 0 Å². The summed E-state index contributed by atoms with van der Waals surface area (Å²) in [4.78, 5) is 14.5. The lowest BCUT2D eigenvalue weighted by Gasteiger charge is -2.12. The molecule has 2 heterocycles. The largest absolute Gasteiger partial charge is 0.373 e. The summed E-state index contributed by atoms with van der Waals surface area (Å²) < 4.78 is 0. The van der Waals surface area contributed by atoms with Crippen molar-refractivity contribution in [1.29, 1.82) is 0 Å². The molecule has 0 bridgehead atoms. The Morgan fingerprint density at radius 3 is 2.63 bits per heavy atom. The van der Waals surface area contributed by atoms with Crippen LogP contribution < -0.4 is 15.5 Å². The number of pyridine rings is 1. The van der Waals surface area contributed by atoms with Gasteiger partial charge >= 0.3 is 0 Å². The summed E-state index contributed by atoms with van der Waals surface area (Å²) in [6.07, 6.45) is 3.34. The summed E-state index contributed by atoms with van der Waals surface area (Å²) in [7, 11) is 5.78. The number of nitrogens with one attached hydrogen (secondary N) is 2. The number of anilines is 3. The first kappa shape index (κ1) is 13.1. The van der Waals surface area contributed by atoms with Gasteiger partial charge in [0.05, 0.1) is 0 Å². The highest BCUT2D eigenvalue weighted by Crippen LogP contribution is 2.12. The van der Waals surface area contributed by atoms with E-state index < -0.39 is 0 Å². The minimum Gasteiger partial charge on any atom is -0.373 e. The van der Waals surface area contributed by atoms with Crippen molar-refractivity contribution in [3.63, 3.8) is 0 Å². The number of hydrogen-bond acceptors (Lipinski definition) is 6. The smallest absolute Gasteiger partial charge is 0.131 e. The van der Waals surface area contributed by atoms with Crippen molar-refractivity contribution in [2.24, 2.45) is 0 Å². The molecule has 0 saturated carbocycles. The summed E-state index contributed by atoms with van der Waals surface area (Å²) in [6.45, 7) is 0.698. The van der Waals surface area contributed by atoms with Gasteiger partial charge in [-0.2, -0.15) is 0 Å². The second kappa shape index (κ2) is 5.99. The Morgan fingerprint density at radius 2 is 1.89 bits per heavy atom. The van der Waals surface area contributed by atoms with E-state index in [-0.39, 0.29) is 0 Å². The van der Waals surface area contributed by atoms with Gasteiger partial charge in [-0.25, -0.2) is 15.0 Å². The van der Waals surface area contributed by atoms with Crippen LogP contribution in [0.2, 0.25) is 0 Å². The third kappa shape index (κ3) is 3.54. The Hall–Kier alpha value is -2.37. The van der Waals surface area contributed by atoms with Gasteiger partial charge in [0.2, 0.25) is 0 Å². The average molecular weight is 258 g/mol. The Morgan fingerprint density at radius 1 is 1.11 bits per heavy atom. The Bertz CT molecular complexity index is 540. The fraction of sp³-hybridized carbons (Fsp3) is 0.308. The van der Waals surface area contributed by atoms with E-state index in [4.69, 9.17) is 0 Å². The Kier molecular flexibility index (Phi) is 4.12. The topological polar surface area (TPSA) is 66.0 Å². The van der Waals surface area contributed by atoms with Crippen molar-refractivity contribution in [1.82, 2.24) is 15.0 Å². The van der Waals surface area contributed by atoms with E-state index in [1.54, 1.807) is 0 Å². The quantitative estimate of drug-likeness (QED) is 0.849. The van der Waals surface area contributed by atoms with Crippen molar-refractivity contribution >= 4 is 17.5 Å². The standard InChI is InChI=1S/C13H18N6/c1-14-11-7-12(18-9-17-11)16-8-10-4-5-15-13(6-10)19(2)3/h4-7,9H,8H2,1-3H3,(H2,14,16,17,18). The maximum atomic E-state index is 4.28. The van der Waals surface area contributed by atoms with Gasteiger partial charge in [0.15, 0.2) is 0 Å². The molecule has 2 rings (SSSR count). The van der Waals surface area contributed by atoms with E-state index in [1.807, 2.05) is 50.4 Å². The molecule has 0 aliphatic heterocycles. The molecule has 19 heavy (non-hydrogen) atoms. The molecule has 0 saturated heterocycles. The molecule has 6 nitrogen and oxygen atoms in total. The minimum absolute atomic E-state index is 0.698. The lowest BCUT2D eigenvalue weighted by Crippen LogP contribution is -2.11. The zero-order chi connectivity index (χ0) is 13.7. The molecule has 0 aliphatic carbocycles. The van der Waals surface area contributed by atoms with Crippen LogP contribution in [0.5, 0.6) is 0 Å². The zero-order valence-electron chi connectivity index (χ0n) is 11.4. The normalized spacial score (nSPS) is 10.1. The predicted octanol–water partition coefficient (Wildman–Crippen LogP) is 1.59. The molecule has 0 unspecified atom stereocenters. The molecule has 6 heteroatoms. The fourth-order valence-corrected chi connectivity index (χ4v) is 1.60. The second-order valence-electron chi connectivity index (χ2n) is 4.31. The highest BCUT2D eigenvalue weighted by Gasteiger charge is 2.01. The molecular weight excluding hydrogens is 240 g/mol. The summed E-state index contributed by atoms with van der Waals surface area (Å²) >= 11 is 0. The van der Waals surface area contributed by atoms with Crippen LogP contribution in [0.1, 0.15) is 5.56 Å². The van der Waals surface area contributed by atoms with Gasteiger partial charge in [0, 0.05) is 40.0 Å². The molecule has 0 atom stereocenters. The van der Waals surface area contributed by atoms with Gasteiger partial charge in [-0.3, -0.25) is 0 Å². The third-order valence-corrected chi connectivity index (χ3v) is 2.66. The summed E-state index contributed by atoms with van der Waals surface area (Å²) in [6, 6.07) is 5.90. The maximum absolute atomic E-state index is 4.28.